The molecule has 8 nitrogen and oxygen atoms in total. The van der Waals surface area contributed by atoms with Crippen LogP contribution in [0.15, 0.2) is 11.6 Å². The second kappa shape index (κ2) is 8.15. The lowest BCUT2D eigenvalue weighted by Crippen LogP contribution is -2.62. The molecule has 4 fully saturated rings. The number of carbonyl (C=O) groups excluding carboxylic acids is 4. The van der Waals surface area contributed by atoms with Gasteiger partial charge in [0.05, 0.1) is 5.60 Å². The minimum absolute atomic E-state index is 0.0107. The van der Waals surface area contributed by atoms with Crippen LogP contribution < -0.4 is 5.32 Å². The first-order valence-corrected chi connectivity index (χ1v) is 13.0. The van der Waals surface area contributed by atoms with Gasteiger partial charge in [0.25, 0.3) is 11.8 Å². The summed E-state index contributed by atoms with van der Waals surface area (Å²) >= 11 is 0. The highest BCUT2D eigenvalue weighted by atomic mass is 16.5. The summed E-state index contributed by atoms with van der Waals surface area (Å²) in [7, 11) is 0. The number of nitrogens with one attached hydrogen (secondary N) is 1. The summed E-state index contributed by atoms with van der Waals surface area (Å²) < 4.78 is 11.3. The van der Waals surface area contributed by atoms with Crippen molar-refractivity contribution in [2.45, 2.75) is 96.9 Å². The van der Waals surface area contributed by atoms with Gasteiger partial charge in [-0.25, -0.2) is 0 Å². The van der Waals surface area contributed by atoms with Gasteiger partial charge < -0.3 is 14.6 Å². The van der Waals surface area contributed by atoms with Crippen LogP contribution in [0.3, 0.4) is 0 Å². The molecule has 0 spiro atoms. The normalized spacial score (nSPS) is 46.6. The summed E-state index contributed by atoms with van der Waals surface area (Å²) in [6.45, 7) is 7.16. The topological polar surface area (TPSA) is 119 Å². The van der Waals surface area contributed by atoms with Crippen molar-refractivity contribution < 1.29 is 33.8 Å². The zero-order valence-electron chi connectivity index (χ0n) is 21.1. The molecule has 4 saturated carbocycles. The van der Waals surface area contributed by atoms with Gasteiger partial charge in [0.2, 0.25) is 0 Å². The Morgan fingerprint density at radius 1 is 1.00 bits per heavy atom. The van der Waals surface area contributed by atoms with Gasteiger partial charge in [-0.2, -0.15) is 0 Å². The van der Waals surface area contributed by atoms with E-state index in [1.807, 2.05) is 6.92 Å². The Kier molecular flexibility index (Phi) is 5.70. The number of amides is 2. The van der Waals surface area contributed by atoms with Crippen LogP contribution in [0.4, 0.5) is 0 Å². The Balaban J connectivity index is 1.48. The SMILES string of the molecule is CC(=O)O[C@H]1CC[C@@]2(C)[C@H](CC[C@@H]3[C@@H]2CC[C@]2(C)[C@@H](C4=CC(=O)NC4=O)[C@@H](OC(C)=O)C[C@]32O)C1. The van der Waals surface area contributed by atoms with E-state index >= 15 is 0 Å². The van der Waals surface area contributed by atoms with E-state index in [0.717, 1.165) is 38.5 Å². The van der Waals surface area contributed by atoms with Gasteiger partial charge in [-0.05, 0) is 68.1 Å². The summed E-state index contributed by atoms with van der Waals surface area (Å²) in [6.07, 6.45) is 6.91. The molecule has 0 aromatic carbocycles. The lowest BCUT2D eigenvalue weighted by atomic mass is 9.43. The van der Waals surface area contributed by atoms with Crippen LogP contribution in [-0.4, -0.2) is 46.7 Å². The average Bonchev–Trinajstić information content (AvgIpc) is 3.18. The molecule has 9 atom stereocenters. The number of carbonyl (C=O) groups is 4. The zero-order chi connectivity index (χ0) is 25.3. The third-order valence-corrected chi connectivity index (χ3v) is 10.6. The molecular weight excluding hydrogens is 450 g/mol. The van der Waals surface area contributed by atoms with Gasteiger partial charge in [0.15, 0.2) is 0 Å². The molecule has 192 valence electrons. The van der Waals surface area contributed by atoms with E-state index in [4.69, 9.17) is 9.47 Å². The number of hydrogen-bond donors (Lipinski definition) is 2. The van der Waals surface area contributed by atoms with Gasteiger partial charge in [-0.1, -0.05) is 13.8 Å². The number of esters is 2. The van der Waals surface area contributed by atoms with Crippen molar-refractivity contribution >= 4 is 23.8 Å². The first kappa shape index (κ1) is 24.5. The maximum Gasteiger partial charge on any atom is 0.302 e. The van der Waals surface area contributed by atoms with Crippen molar-refractivity contribution in [2.24, 2.45) is 34.5 Å². The van der Waals surface area contributed by atoms with E-state index in [-0.39, 0.29) is 29.8 Å². The smallest absolute Gasteiger partial charge is 0.302 e. The molecule has 2 N–H and O–H groups in total. The van der Waals surface area contributed by atoms with Crippen LogP contribution in [0.2, 0.25) is 0 Å². The van der Waals surface area contributed by atoms with E-state index in [0.29, 0.717) is 23.8 Å². The molecule has 0 unspecified atom stereocenters. The lowest BCUT2D eigenvalue weighted by molar-refractivity contribution is -0.209. The second-order valence-electron chi connectivity index (χ2n) is 12.1. The number of ether oxygens (including phenoxy) is 2. The number of hydrogen-bond acceptors (Lipinski definition) is 7. The van der Waals surface area contributed by atoms with Crippen molar-refractivity contribution in [1.29, 1.82) is 0 Å². The zero-order valence-corrected chi connectivity index (χ0v) is 21.1. The van der Waals surface area contributed by atoms with E-state index in [2.05, 4.69) is 12.2 Å². The van der Waals surface area contributed by atoms with Gasteiger partial charge in [-0.3, -0.25) is 24.5 Å². The van der Waals surface area contributed by atoms with Gasteiger partial charge in [0, 0.05) is 43.3 Å². The largest absolute Gasteiger partial charge is 0.463 e. The average molecular weight is 488 g/mol. The fourth-order valence-corrected chi connectivity index (χ4v) is 9.07. The summed E-state index contributed by atoms with van der Waals surface area (Å²) in [6, 6.07) is 0. The quantitative estimate of drug-likeness (QED) is 0.464. The Hall–Kier alpha value is -2.22. The molecule has 1 aliphatic heterocycles. The number of fused-ring (bicyclic) bond motifs is 5. The van der Waals surface area contributed by atoms with Crippen LogP contribution in [-0.2, 0) is 28.7 Å². The molecule has 0 aromatic heterocycles. The molecule has 0 radical (unpaired) electrons. The molecule has 0 aromatic rings. The van der Waals surface area contributed by atoms with Crippen LogP contribution in [0.5, 0.6) is 0 Å². The Morgan fingerprint density at radius 2 is 1.71 bits per heavy atom. The fourth-order valence-electron chi connectivity index (χ4n) is 9.07. The molecule has 1 heterocycles. The van der Waals surface area contributed by atoms with Gasteiger partial charge in [0.1, 0.15) is 12.2 Å². The van der Waals surface area contributed by atoms with Crippen molar-refractivity contribution in [3.05, 3.63) is 11.6 Å². The minimum Gasteiger partial charge on any atom is -0.463 e. The van der Waals surface area contributed by atoms with Gasteiger partial charge >= 0.3 is 11.9 Å². The predicted molar refractivity (Wildman–Crippen MR) is 124 cm³/mol. The standard InChI is InChI=1S/C27H37NO7/c1-14(29)34-17-7-9-25(3)16(11-17)5-6-20-19(25)8-10-26(4)23(18-12-22(31)28-24(18)32)21(35-15(2)30)13-27(20,26)33/h12,16-17,19-21,23,33H,5-11,13H2,1-4H3,(H,28,31,32)/t16-,17+,19+,20-,21+,23+,25+,26-,27+/m1/s1. The van der Waals surface area contributed by atoms with Crippen molar-refractivity contribution in [2.75, 3.05) is 0 Å². The molecule has 4 aliphatic carbocycles. The van der Waals surface area contributed by atoms with E-state index in [1.54, 1.807) is 0 Å². The summed E-state index contributed by atoms with van der Waals surface area (Å²) in [5.74, 6) is -1.40. The van der Waals surface area contributed by atoms with Crippen LogP contribution >= 0.6 is 0 Å². The van der Waals surface area contributed by atoms with Gasteiger partial charge in [-0.15, -0.1) is 0 Å². The monoisotopic (exact) mass is 487 g/mol. The fraction of sp³-hybridized carbons (Fsp3) is 0.778. The van der Waals surface area contributed by atoms with Crippen molar-refractivity contribution in [3.63, 3.8) is 0 Å². The predicted octanol–water partition coefficient (Wildman–Crippen LogP) is 2.82. The van der Waals surface area contributed by atoms with E-state index < -0.39 is 40.8 Å². The number of rotatable bonds is 3. The molecule has 2 amide bonds. The van der Waals surface area contributed by atoms with Crippen molar-refractivity contribution in [1.82, 2.24) is 5.32 Å². The first-order chi connectivity index (χ1) is 16.4. The molecule has 0 bridgehead atoms. The molecule has 5 rings (SSSR count). The number of aliphatic hydroxyl groups is 1. The van der Waals surface area contributed by atoms with E-state index in [9.17, 15) is 24.3 Å². The second-order valence-corrected chi connectivity index (χ2v) is 12.1. The molecule has 35 heavy (non-hydrogen) atoms. The highest BCUT2D eigenvalue weighted by Gasteiger charge is 2.71. The molecular formula is C27H37NO7. The highest BCUT2D eigenvalue weighted by Crippen LogP contribution is 2.70. The van der Waals surface area contributed by atoms with E-state index in [1.165, 1.54) is 19.9 Å². The Labute approximate surface area is 206 Å². The maximum absolute atomic E-state index is 12.7. The summed E-state index contributed by atoms with van der Waals surface area (Å²) in [5.41, 5.74) is -1.46. The molecule has 8 heteroatoms. The third kappa shape index (κ3) is 3.58. The van der Waals surface area contributed by atoms with Crippen molar-refractivity contribution in [3.8, 4) is 0 Å². The Morgan fingerprint density at radius 3 is 2.34 bits per heavy atom. The molecule has 5 aliphatic rings. The highest BCUT2D eigenvalue weighted by molar-refractivity contribution is 6.16. The third-order valence-electron chi connectivity index (χ3n) is 10.6. The summed E-state index contributed by atoms with van der Waals surface area (Å²) in [4.78, 5) is 48.2. The minimum atomic E-state index is -1.12. The van der Waals surface area contributed by atoms with Crippen LogP contribution in [0, 0.1) is 34.5 Å². The first-order valence-electron chi connectivity index (χ1n) is 13.0. The Bertz CT molecular complexity index is 1010. The van der Waals surface area contributed by atoms with Crippen LogP contribution in [0.1, 0.15) is 79.1 Å². The number of imide groups is 1. The maximum atomic E-state index is 12.7. The lowest BCUT2D eigenvalue weighted by Gasteiger charge is -2.63. The molecule has 0 saturated heterocycles. The van der Waals surface area contributed by atoms with Crippen LogP contribution in [0.25, 0.3) is 0 Å². The summed E-state index contributed by atoms with van der Waals surface area (Å²) in [5, 5.41) is 14.8.